The van der Waals surface area contributed by atoms with Gasteiger partial charge in [0.05, 0.1) is 22.4 Å². The van der Waals surface area contributed by atoms with E-state index in [1.54, 1.807) is 0 Å². The third-order valence-corrected chi connectivity index (χ3v) is 6.32. The van der Waals surface area contributed by atoms with Crippen molar-refractivity contribution < 1.29 is 39.5 Å². The number of nitrogens with one attached hydrogen (secondary N) is 1. The van der Waals surface area contributed by atoms with E-state index < -0.39 is 47.8 Å². The minimum absolute atomic E-state index is 0.0317. The summed E-state index contributed by atoms with van der Waals surface area (Å²) in [7, 11) is 0. The van der Waals surface area contributed by atoms with Crippen molar-refractivity contribution in [3.63, 3.8) is 0 Å². The summed E-state index contributed by atoms with van der Waals surface area (Å²) in [5.41, 5.74) is -2.94. The van der Waals surface area contributed by atoms with E-state index in [4.69, 9.17) is 0 Å². The lowest BCUT2D eigenvalue weighted by atomic mass is 9.92. The first-order valence-electron chi connectivity index (χ1n) is 10.1. The predicted molar refractivity (Wildman–Crippen MR) is 110 cm³/mol. The molecule has 1 heterocycles. The van der Waals surface area contributed by atoms with E-state index in [-0.39, 0.29) is 39.7 Å². The SMILES string of the molecule is FC(F)(F)c1cc(CNC2CC(C3CC3)=Nc3c(Br)cc(C(F)(F)F)cc32)cc(C(F)(F)F)c1. The first kappa shape index (κ1) is 25.0. The highest BCUT2D eigenvalue weighted by Gasteiger charge is 2.39. The molecule has 4 rings (SSSR count). The highest BCUT2D eigenvalue weighted by Crippen LogP contribution is 2.46. The topological polar surface area (TPSA) is 24.4 Å². The minimum Gasteiger partial charge on any atom is -0.305 e. The molecule has 0 saturated heterocycles. The molecule has 1 N–H and O–H groups in total. The number of rotatable bonds is 4. The summed E-state index contributed by atoms with van der Waals surface area (Å²) < 4.78 is 119. The quantitative estimate of drug-likeness (QED) is 0.375. The van der Waals surface area contributed by atoms with Crippen LogP contribution in [0.15, 0.2) is 39.8 Å². The maximum absolute atomic E-state index is 13.4. The van der Waals surface area contributed by atoms with Crippen molar-refractivity contribution in [2.75, 3.05) is 0 Å². The van der Waals surface area contributed by atoms with Crippen molar-refractivity contribution in [3.05, 3.63) is 62.6 Å². The van der Waals surface area contributed by atoms with Crippen LogP contribution in [0.3, 0.4) is 0 Å². The third kappa shape index (κ3) is 5.42. The molecule has 1 fully saturated rings. The Balaban J connectivity index is 1.69. The zero-order valence-electron chi connectivity index (χ0n) is 17.1. The molecule has 184 valence electrons. The second kappa shape index (κ2) is 8.54. The molecule has 1 aliphatic carbocycles. The van der Waals surface area contributed by atoms with Gasteiger partial charge in [-0.3, -0.25) is 4.99 Å². The van der Waals surface area contributed by atoms with E-state index in [1.807, 2.05) is 0 Å². The van der Waals surface area contributed by atoms with Crippen LogP contribution in [0.25, 0.3) is 0 Å². The molecule has 2 nitrogen and oxygen atoms in total. The zero-order chi connectivity index (χ0) is 25.1. The summed E-state index contributed by atoms with van der Waals surface area (Å²) in [5.74, 6) is 0.164. The normalized spacial score (nSPS) is 19.1. The van der Waals surface area contributed by atoms with E-state index in [2.05, 4.69) is 26.2 Å². The first-order valence-corrected chi connectivity index (χ1v) is 10.9. The Morgan fingerprint density at radius 3 is 1.82 bits per heavy atom. The van der Waals surface area contributed by atoms with E-state index in [0.717, 1.165) is 30.7 Å². The fraction of sp³-hybridized carbons (Fsp3) is 0.409. The highest BCUT2D eigenvalue weighted by molar-refractivity contribution is 9.10. The maximum atomic E-state index is 13.4. The molecule has 12 heteroatoms. The van der Waals surface area contributed by atoms with Crippen LogP contribution in [0.1, 0.15) is 53.1 Å². The Bertz CT molecular complexity index is 1100. The average molecular weight is 559 g/mol. The Kier molecular flexibility index (Phi) is 6.29. The molecule has 2 aromatic rings. The molecule has 1 aliphatic heterocycles. The number of aliphatic imine (C=N–C) groups is 1. The van der Waals surface area contributed by atoms with Crippen molar-refractivity contribution in [2.45, 2.75) is 50.4 Å². The van der Waals surface area contributed by atoms with Gasteiger partial charge in [0.25, 0.3) is 0 Å². The monoisotopic (exact) mass is 558 g/mol. The molecule has 0 spiro atoms. The van der Waals surface area contributed by atoms with Crippen LogP contribution in [0.2, 0.25) is 0 Å². The summed E-state index contributed by atoms with van der Waals surface area (Å²) in [6.07, 6.45) is -12.7. The van der Waals surface area contributed by atoms with Gasteiger partial charge in [0.15, 0.2) is 0 Å². The maximum Gasteiger partial charge on any atom is 0.416 e. The van der Waals surface area contributed by atoms with Crippen molar-refractivity contribution in [2.24, 2.45) is 10.9 Å². The van der Waals surface area contributed by atoms with Crippen LogP contribution >= 0.6 is 15.9 Å². The number of halogens is 10. The van der Waals surface area contributed by atoms with Crippen LogP contribution in [0.4, 0.5) is 45.2 Å². The van der Waals surface area contributed by atoms with Crippen molar-refractivity contribution in [3.8, 4) is 0 Å². The Labute approximate surface area is 196 Å². The number of benzene rings is 2. The summed E-state index contributed by atoms with van der Waals surface area (Å²) >= 11 is 3.12. The van der Waals surface area contributed by atoms with Gasteiger partial charge in [-0.15, -0.1) is 0 Å². The van der Waals surface area contributed by atoms with Gasteiger partial charge in [-0.1, -0.05) is 0 Å². The number of hydrogen-bond donors (Lipinski definition) is 1. The lowest BCUT2D eigenvalue weighted by Crippen LogP contribution is -2.27. The van der Waals surface area contributed by atoms with Crippen LogP contribution < -0.4 is 5.32 Å². The summed E-state index contributed by atoms with van der Waals surface area (Å²) in [4.78, 5) is 4.49. The predicted octanol–water partition coefficient (Wildman–Crippen LogP) is 8.22. The minimum atomic E-state index is -4.99. The van der Waals surface area contributed by atoms with Gasteiger partial charge >= 0.3 is 18.5 Å². The zero-order valence-corrected chi connectivity index (χ0v) is 18.7. The molecule has 2 aromatic carbocycles. The molecule has 0 aromatic heterocycles. The fourth-order valence-corrected chi connectivity index (χ4v) is 4.46. The van der Waals surface area contributed by atoms with E-state index in [0.29, 0.717) is 12.1 Å². The van der Waals surface area contributed by atoms with Gasteiger partial charge in [0.1, 0.15) is 0 Å². The number of hydrogen-bond acceptors (Lipinski definition) is 2. The molecule has 1 atom stereocenters. The Morgan fingerprint density at radius 2 is 1.32 bits per heavy atom. The summed E-state index contributed by atoms with van der Waals surface area (Å²) in [5, 5.41) is 2.87. The first-order chi connectivity index (χ1) is 15.6. The van der Waals surface area contributed by atoms with Crippen molar-refractivity contribution in [1.82, 2.24) is 5.32 Å². The van der Waals surface area contributed by atoms with Gasteiger partial charge in [0.2, 0.25) is 0 Å². The number of fused-ring (bicyclic) bond motifs is 1. The molecule has 0 amide bonds. The van der Waals surface area contributed by atoms with E-state index in [9.17, 15) is 39.5 Å². The molecular weight excluding hydrogens is 543 g/mol. The summed E-state index contributed by atoms with van der Waals surface area (Å²) in [6.45, 7) is -0.414. The third-order valence-electron chi connectivity index (χ3n) is 5.71. The molecule has 34 heavy (non-hydrogen) atoms. The molecule has 1 unspecified atom stereocenters. The van der Waals surface area contributed by atoms with Gasteiger partial charge < -0.3 is 5.32 Å². The Hall–Kier alpha value is -2.08. The number of alkyl halides is 9. The average Bonchev–Trinajstić information content (AvgIpc) is 3.55. The molecule has 2 aliphatic rings. The van der Waals surface area contributed by atoms with Crippen molar-refractivity contribution >= 4 is 27.3 Å². The van der Waals surface area contributed by atoms with Crippen molar-refractivity contribution in [1.29, 1.82) is 0 Å². The van der Waals surface area contributed by atoms with Gasteiger partial charge in [-0.25, -0.2) is 0 Å². The van der Waals surface area contributed by atoms with Crippen LogP contribution in [-0.4, -0.2) is 5.71 Å². The highest BCUT2D eigenvalue weighted by atomic mass is 79.9. The van der Waals surface area contributed by atoms with Gasteiger partial charge in [0, 0.05) is 29.2 Å². The smallest absolute Gasteiger partial charge is 0.305 e. The van der Waals surface area contributed by atoms with Crippen LogP contribution in [0, 0.1) is 5.92 Å². The van der Waals surface area contributed by atoms with Gasteiger partial charge in [-0.2, -0.15) is 39.5 Å². The second-order valence-corrected chi connectivity index (χ2v) is 9.18. The molecule has 0 radical (unpaired) electrons. The van der Waals surface area contributed by atoms with Crippen LogP contribution in [0.5, 0.6) is 0 Å². The fourth-order valence-electron chi connectivity index (χ4n) is 3.89. The number of nitrogens with zero attached hydrogens (tertiary/aromatic N) is 1. The molecular formula is C22H16BrF9N2. The molecule has 1 saturated carbocycles. The Morgan fingerprint density at radius 1 is 0.794 bits per heavy atom. The largest absolute Gasteiger partial charge is 0.416 e. The summed E-state index contributed by atoms with van der Waals surface area (Å²) in [6, 6.07) is 2.28. The van der Waals surface area contributed by atoms with E-state index in [1.165, 1.54) is 0 Å². The van der Waals surface area contributed by atoms with E-state index >= 15 is 0 Å². The second-order valence-electron chi connectivity index (χ2n) is 8.32. The standard InChI is InChI=1S/C22H16BrF9N2/c23-16-7-14(22(30,31)32)6-15-18(8-17(11-1-2-11)34-19(15)16)33-9-10-3-12(20(24,25)26)5-13(4-10)21(27,28)29/h3-7,11,18,33H,1-2,8-9H2. The van der Waals surface area contributed by atoms with Gasteiger partial charge in [-0.05, 0) is 76.1 Å². The lowest BCUT2D eigenvalue weighted by molar-refractivity contribution is -0.143. The lowest BCUT2D eigenvalue weighted by Gasteiger charge is -2.28. The van der Waals surface area contributed by atoms with Crippen LogP contribution in [-0.2, 0) is 25.1 Å². The molecule has 0 bridgehead atoms.